The van der Waals surface area contributed by atoms with E-state index in [4.69, 9.17) is 22.1 Å². The fraction of sp³-hybridized carbons (Fsp3) is 0.273. The average Bonchev–Trinajstić information content (AvgIpc) is 2.70. The maximum absolute atomic E-state index is 6.06. The Labute approximate surface area is 104 Å². The monoisotopic (exact) mass is 252 g/mol. The van der Waals surface area contributed by atoms with E-state index >= 15 is 0 Å². The molecule has 0 bridgehead atoms. The first-order valence-electron chi connectivity index (χ1n) is 5.12. The maximum Gasteiger partial charge on any atom is 0.137 e. The molecule has 17 heavy (non-hydrogen) atoms. The molecular formula is C11H13ClN4O. The highest BCUT2D eigenvalue weighted by Gasteiger charge is 2.10. The van der Waals surface area contributed by atoms with Gasteiger partial charge in [0, 0.05) is 6.54 Å². The molecule has 0 aliphatic heterocycles. The van der Waals surface area contributed by atoms with Gasteiger partial charge >= 0.3 is 0 Å². The molecule has 1 aromatic heterocycles. The Bertz CT molecular complexity index is 538. The molecule has 1 aromatic carbocycles. The fourth-order valence-corrected chi connectivity index (χ4v) is 1.83. The highest BCUT2D eigenvalue weighted by Crippen LogP contribution is 2.26. The van der Waals surface area contributed by atoms with Crippen molar-refractivity contribution in [3.63, 3.8) is 0 Å². The molecule has 0 spiro atoms. The van der Waals surface area contributed by atoms with Crippen LogP contribution in [-0.2, 0) is 6.54 Å². The summed E-state index contributed by atoms with van der Waals surface area (Å²) in [6, 6.07) is 5.44. The van der Waals surface area contributed by atoms with Gasteiger partial charge in [0.2, 0.25) is 0 Å². The molecule has 90 valence electrons. The van der Waals surface area contributed by atoms with Gasteiger partial charge in [-0.25, -0.2) is 4.68 Å². The van der Waals surface area contributed by atoms with Crippen molar-refractivity contribution in [3.05, 3.63) is 34.6 Å². The zero-order chi connectivity index (χ0) is 12.4. The maximum atomic E-state index is 6.06. The smallest absolute Gasteiger partial charge is 0.137 e. The van der Waals surface area contributed by atoms with E-state index < -0.39 is 0 Å². The van der Waals surface area contributed by atoms with Gasteiger partial charge in [0.15, 0.2) is 0 Å². The van der Waals surface area contributed by atoms with Gasteiger partial charge in [-0.05, 0) is 25.1 Å². The van der Waals surface area contributed by atoms with Crippen LogP contribution in [0, 0.1) is 6.92 Å². The second kappa shape index (κ2) is 4.73. The lowest BCUT2D eigenvalue weighted by Gasteiger charge is -2.07. The van der Waals surface area contributed by atoms with Gasteiger partial charge in [-0.15, -0.1) is 5.10 Å². The topological polar surface area (TPSA) is 66.0 Å². The van der Waals surface area contributed by atoms with Crippen LogP contribution in [0.5, 0.6) is 5.75 Å². The Hall–Kier alpha value is -1.59. The summed E-state index contributed by atoms with van der Waals surface area (Å²) in [7, 11) is 1.58. The third kappa shape index (κ3) is 2.11. The van der Waals surface area contributed by atoms with Crippen molar-refractivity contribution >= 4 is 11.6 Å². The van der Waals surface area contributed by atoms with E-state index in [1.165, 1.54) is 0 Å². The normalized spacial score (nSPS) is 10.6. The van der Waals surface area contributed by atoms with Crippen LogP contribution in [0.4, 0.5) is 0 Å². The average molecular weight is 253 g/mol. The lowest BCUT2D eigenvalue weighted by molar-refractivity contribution is 0.415. The molecule has 0 aliphatic carbocycles. The molecule has 5 nitrogen and oxygen atoms in total. The van der Waals surface area contributed by atoms with Crippen molar-refractivity contribution < 1.29 is 4.74 Å². The highest BCUT2D eigenvalue weighted by molar-refractivity contribution is 6.32. The summed E-state index contributed by atoms with van der Waals surface area (Å²) >= 11 is 6.06. The molecule has 6 heteroatoms. The van der Waals surface area contributed by atoms with Crippen molar-refractivity contribution in [2.45, 2.75) is 13.5 Å². The van der Waals surface area contributed by atoms with Gasteiger partial charge < -0.3 is 10.5 Å². The summed E-state index contributed by atoms with van der Waals surface area (Å²) in [6.45, 7) is 2.29. The first-order valence-corrected chi connectivity index (χ1v) is 5.50. The Morgan fingerprint density at radius 2 is 2.24 bits per heavy atom. The minimum absolute atomic E-state index is 0.371. The summed E-state index contributed by atoms with van der Waals surface area (Å²) in [4.78, 5) is 0. The molecular weight excluding hydrogens is 240 g/mol. The van der Waals surface area contributed by atoms with Crippen LogP contribution in [0.15, 0.2) is 18.2 Å². The van der Waals surface area contributed by atoms with Gasteiger partial charge in [0.25, 0.3) is 0 Å². The highest BCUT2D eigenvalue weighted by atomic mass is 35.5. The lowest BCUT2D eigenvalue weighted by Crippen LogP contribution is -2.02. The molecule has 0 atom stereocenters. The number of nitrogens with zero attached hydrogens (tertiary/aromatic N) is 3. The van der Waals surface area contributed by atoms with Gasteiger partial charge in [0.1, 0.15) is 5.75 Å². The van der Waals surface area contributed by atoms with E-state index in [0.717, 1.165) is 17.1 Å². The number of methoxy groups -OCH3 is 1. The van der Waals surface area contributed by atoms with E-state index in [1.807, 2.05) is 13.0 Å². The minimum atomic E-state index is 0.371. The van der Waals surface area contributed by atoms with Crippen LogP contribution in [0.1, 0.15) is 11.4 Å². The molecule has 0 radical (unpaired) electrons. The van der Waals surface area contributed by atoms with Crippen molar-refractivity contribution in [2.24, 2.45) is 5.73 Å². The zero-order valence-electron chi connectivity index (χ0n) is 9.64. The van der Waals surface area contributed by atoms with Gasteiger partial charge in [-0.2, -0.15) is 0 Å². The van der Waals surface area contributed by atoms with E-state index in [2.05, 4.69) is 10.3 Å². The number of rotatable bonds is 3. The molecule has 2 rings (SSSR count). The molecule has 1 heterocycles. The standard InChI is InChI=1S/C11H13ClN4O/c1-7-10(6-13)14-15-16(7)8-3-4-11(17-2)9(12)5-8/h3-5H,6,13H2,1-2H3. The number of ether oxygens (including phenoxy) is 1. The largest absolute Gasteiger partial charge is 0.495 e. The third-order valence-corrected chi connectivity index (χ3v) is 2.86. The summed E-state index contributed by atoms with van der Waals surface area (Å²) in [6.07, 6.45) is 0. The van der Waals surface area contributed by atoms with Crippen molar-refractivity contribution in [2.75, 3.05) is 7.11 Å². The SMILES string of the molecule is COc1ccc(-n2nnc(CN)c2C)cc1Cl. The molecule has 0 fully saturated rings. The van der Waals surface area contributed by atoms with Crippen LogP contribution in [0.3, 0.4) is 0 Å². The molecule has 0 saturated heterocycles. The Morgan fingerprint density at radius 3 is 2.76 bits per heavy atom. The number of hydrogen-bond acceptors (Lipinski definition) is 4. The second-order valence-electron chi connectivity index (χ2n) is 3.56. The first kappa shape index (κ1) is 11.9. The fourth-order valence-electron chi connectivity index (χ4n) is 1.58. The Balaban J connectivity index is 2.46. The van der Waals surface area contributed by atoms with Crippen LogP contribution >= 0.6 is 11.6 Å². The molecule has 0 aliphatic rings. The molecule has 0 unspecified atom stereocenters. The molecule has 0 saturated carbocycles. The zero-order valence-corrected chi connectivity index (χ0v) is 10.4. The Morgan fingerprint density at radius 1 is 1.47 bits per heavy atom. The van der Waals surface area contributed by atoms with E-state index in [0.29, 0.717) is 17.3 Å². The van der Waals surface area contributed by atoms with Crippen molar-refractivity contribution in [3.8, 4) is 11.4 Å². The van der Waals surface area contributed by atoms with Gasteiger partial charge in [-0.1, -0.05) is 16.8 Å². The van der Waals surface area contributed by atoms with E-state index in [-0.39, 0.29) is 0 Å². The van der Waals surface area contributed by atoms with Gasteiger partial charge in [0.05, 0.1) is 29.2 Å². The number of benzene rings is 1. The quantitative estimate of drug-likeness (QED) is 0.903. The molecule has 0 amide bonds. The molecule has 2 N–H and O–H groups in total. The number of hydrogen-bond donors (Lipinski definition) is 1. The summed E-state index contributed by atoms with van der Waals surface area (Å²) in [5.41, 5.74) is 8.08. The predicted molar refractivity (Wildman–Crippen MR) is 65.5 cm³/mol. The van der Waals surface area contributed by atoms with Crippen molar-refractivity contribution in [1.29, 1.82) is 0 Å². The number of halogens is 1. The number of nitrogens with two attached hydrogens (primary N) is 1. The van der Waals surface area contributed by atoms with Crippen LogP contribution in [-0.4, -0.2) is 22.1 Å². The summed E-state index contributed by atoms with van der Waals surface area (Å²) in [5, 5.41) is 8.57. The minimum Gasteiger partial charge on any atom is -0.495 e. The summed E-state index contributed by atoms with van der Waals surface area (Å²) in [5.74, 6) is 0.632. The first-order chi connectivity index (χ1) is 8.17. The second-order valence-corrected chi connectivity index (χ2v) is 3.96. The van der Waals surface area contributed by atoms with E-state index in [9.17, 15) is 0 Å². The Kier molecular flexibility index (Phi) is 3.31. The lowest BCUT2D eigenvalue weighted by atomic mass is 10.3. The van der Waals surface area contributed by atoms with Crippen molar-refractivity contribution in [1.82, 2.24) is 15.0 Å². The number of aromatic nitrogens is 3. The van der Waals surface area contributed by atoms with Crippen LogP contribution in [0.25, 0.3) is 5.69 Å². The van der Waals surface area contributed by atoms with Gasteiger partial charge in [-0.3, -0.25) is 0 Å². The predicted octanol–water partition coefficient (Wildman–Crippen LogP) is 1.70. The molecule has 2 aromatic rings. The van der Waals surface area contributed by atoms with E-state index in [1.54, 1.807) is 23.9 Å². The summed E-state index contributed by atoms with van der Waals surface area (Å²) < 4.78 is 6.80. The third-order valence-electron chi connectivity index (χ3n) is 2.56. The van der Waals surface area contributed by atoms with Crippen LogP contribution < -0.4 is 10.5 Å². The van der Waals surface area contributed by atoms with Crippen LogP contribution in [0.2, 0.25) is 5.02 Å².